The lowest BCUT2D eigenvalue weighted by Gasteiger charge is -2.25. The number of hydrogen-bond acceptors (Lipinski definition) is 5. The van der Waals surface area contributed by atoms with E-state index >= 15 is 0 Å². The fourth-order valence-electron chi connectivity index (χ4n) is 2.22. The van der Waals surface area contributed by atoms with Gasteiger partial charge in [0, 0.05) is 6.07 Å². The van der Waals surface area contributed by atoms with Crippen LogP contribution in [0, 0.1) is 0 Å². The van der Waals surface area contributed by atoms with Gasteiger partial charge in [0.1, 0.15) is 17.6 Å². The minimum Gasteiger partial charge on any atom is -0.508 e. The average Bonchev–Trinajstić information content (AvgIpc) is 2.42. The van der Waals surface area contributed by atoms with Crippen molar-refractivity contribution in [2.45, 2.75) is 12.5 Å². The van der Waals surface area contributed by atoms with Crippen molar-refractivity contribution in [1.82, 2.24) is 0 Å². The zero-order valence-electron chi connectivity index (χ0n) is 10.4. The highest BCUT2D eigenvalue weighted by Gasteiger charge is 2.29. The molecule has 0 aromatic heterocycles. The van der Waals surface area contributed by atoms with E-state index in [0.717, 1.165) is 5.56 Å². The van der Waals surface area contributed by atoms with Crippen molar-refractivity contribution >= 4 is 5.78 Å². The maximum absolute atomic E-state index is 12.1. The topological polar surface area (TPSA) is 87.0 Å². The van der Waals surface area contributed by atoms with E-state index in [2.05, 4.69) is 0 Å². The summed E-state index contributed by atoms with van der Waals surface area (Å²) in [5, 5.41) is 28.2. The summed E-state index contributed by atoms with van der Waals surface area (Å²) in [7, 11) is 0. The van der Waals surface area contributed by atoms with Crippen LogP contribution in [-0.2, 0) is 0 Å². The molecule has 1 aliphatic rings. The molecule has 0 amide bonds. The summed E-state index contributed by atoms with van der Waals surface area (Å²) >= 11 is 0. The quantitative estimate of drug-likeness (QED) is 0.694. The van der Waals surface area contributed by atoms with Gasteiger partial charge in [0.15, 0.2) is 17.3 Å². The molecule has 2 aromatic carbocycles. The summed E-state index contributed by atoms with van der Waals surface area (Å²) in [5.74, 6) is -0.459. The molecule has 0 aliphatic carbocycles. The van der Waals surface area contributed by atoms with Crippen LogP contribution in [0.2, 0.25) is 0 Å². The second-order valence-electron chi connectivity index (χ2n) is 4.66. The minimum atomic E-state index is -0.473. The summed E-state index contributed by atoms with van der Waals surface area (Å²) < 4.78 is 5.69. The Hall–Kier alpha value is -2.69. The molecule has 1 atom stereocenters. The molecule has 0 spiro atoms. The Bertz CT molecular complexity index is 675. The number of benzene rings is 2. The maximum Gasteiger partial charge on any atom is 0.170 e. The number of aromatic hydroxyl groups is 3. The predicted octanol–water partition coefficient (Wildman–Crippen LogP) is 2.51. The molecule has 0 fully saturated rings. The third-order valence-electron chi connectivity index (χ3n) is 3.28. The molecule has 3 rings (SSSR count). The van der Waals surface area contributed by atoms with E-state index in [1.54, 1.807) is 12.1 Å². The SMILES string of the molecule is O=C1CC(c2ccc(O)cc2)Oc2cc(O)c(O)cc21. The van der Waals surface area contributed by atoms with Crippen molar-refractivity contribution in [3.05, 3.63) is 47.5 Å². The highest BCUT2D eigenvalue weighted by molar-refractivity contribution is 6.00. The standard InChI is InChI=1S/C15H12O5/c16-9-3-1-8(2-4-9)14-6-11(17)10-5-12(18)13(19)7-15(10)20-14/h1-5,7,14,16,18-19H,6H2. The molecule has 1 aliphatic heterocycles. The van der Waals surface area contributed by atoms with Crippen LogP contribution in [0.5, 0.6) is 23.0 Å². The normalized spacial score (nSPS) is 17.4. The number of fused-ring (bicyclic) bond motifs is 1. The number of ether oxygens (including phenoxy) is 1. The summed E-state index contributed by atoms with van der Waals surface area (Å²) in [6.45, 7) is 0. The van der Waals surface area contributed by atoms with Crippen molar-refractivity contribution in [3.8, 4) is 23.0 Å². The number of phenolic OH excluding ortho intramolecular Hbond substituents is 3. The molecular weight excluding hydrogens is 260 g/mol. The van der Waals surface area contributed by atoms with Crippen molar-refractivity contribution in [2.24, 2.45) is 0 Å². The molecule has 3 N–H and O–H groups in total. The van der Waals surface area contributed by atoms with E-state index in [9.17, 15) is 20.1 Å². The van der Waals surface area contributed by atoms with Crippen LogP contribution in [0.15, 0.2) is 36.4 Å². The third kappa shape index (κ3) is 2.03. The van der Waals surface area contributed by atoms with Gasteiger partial charge in [0.2, 0.25) is 0 Å². The summed E-state index contributed by atoms with van der Waals surface area (Å²) in [4.78, 5) is 12.1. The number of hydrogen-bond donors (Lipinski definition) is 3. The zero-order chi connectivity index (χ0) is 14.3. The molecule has 1 heterocycles. The van der Waals surface area contributed by atoms with E-state index in [-0.39, 0.29) is 40.8 Å². The fourth-order valence-corrected chi connectivity index (χ4v) is 2.22. The number of ketones is 1. The first-order valence-corrected chi connectivity index (χ1v) is 6.09. The first-order chi connectivity index (χ1) is 9.54. The first-order valence-electron chi connectivity index (χ1n) is 6.09. The van der Waals surface area contributed by atoms with Gasteiger partial charge in [-0.15, -0.1) is 0 Å². The smallest absolute Gasteiger partial charge is 0.170 e. The zero-order valence-corrected chi connectivity index (χ0v) is 10.4. The Morgan fingerprint density at radius 2 is 1.65 bits per heavy atom. The van der Waals surface area contributed by atoms with Crippen LogP contribution in [0.3, 0.4) is 0 Å². The molecule has 0 bridgehead atoms. The minimum absolute atomic E-state index is 0.138. The first kappa shape index (κ1) is 12.3. The van der Waals surface area contributed by atoms with Crippen LogP contribution in [0.4, 0.5) is 0 Å². The van der Waals surface area contributed by atoms with Gasteiger partial charge < -0.3 is 20.1 Å². The van der Waals surface area contributed by atoms with E-state index in [0.29, 0.717) is 0 Å². The molecule has 5 nitrogen and oxygen atoms in total. The molecular formula is C15H12O5. The largest absolute Gasteiger partial charge is 0.508 e. The van der Waals surface area contributed by atoms with E-state index in [1.165, 1.54) is 24.3 Å². The molecule has 0 saturated heterocycles. The Morgan fingerprint density at radius 1 is 1.00 bits per heavy atom. The van der Waals surface area contributed by atoms with Crippen LogP contribution in [-0.4, -0.2) is 21.1 Å². The van der Waals surface area contributed by atoms with Crippen molar-refractivity contribution in [3.63, 3.8) is 0 Å². The maximum atomic E-state index is 12.1. The molecule has 2 aromatic rings. The van der Waals surface area contributed by atoms with Gasteiger partial charge in [-0.3, -0.25) is 4.79 Å². The summed E-state index contributed by atoms with van der Waals surface area (Å²) in [6, 6.07) is 8.84. The van der Waals surface area contributed by atoms with Crippen LogP contribution in [0.25, 0.3) is 0 Å². The van der Waals surface area contributed by atoms with Crippen molar-refractivity contribution in [2.75, 3.05) is 0 Å². The average molecular weight is 272 g/mol. The second-order valence-corrected chi connectivity index (χ2v) is 4.66. The fraction of sp³-hybridized carbons (Fsp3) is 0.133. The molecule has 102 valence electrons. The Kier molecular flexibility index (Phi) is 2.75. The highest BCUT2D eigenvalue weighted by atomic mass is 16.5. The van der Waals surface area contributed by atoms with Crippen LogP contribution >= 0.6 is 0 Å². The van der Waals surface area contributed by atoms with Crippen LogP contribution < -0.4 is 4.74 Å². The summed E-state index contributed by atoms with van der Waals surface area (Å²) in [6.07, 6.45) is -0.332. The van der Waals surface area contributed by atoms with Crippen molar-refractivity contribution < 1.29 is 24.9 Å². The van der Waals surface area contributed by atoms with Crippen LogP contribution in [0.1, 0.15) is 28.4 Å². The van der Waals surface area contributed by atoms with Gasteiger partial charge in [-0.05, 0) is 23.8 Å². The van der Waals surface area contributed by atoms with Gasteiger partial charge in [0.25, 0.3) is 0 Å². The highest BCUT2D eigenvalue weighted by Crippen LogP contribution is 2.40. The van der Waals surface area contributed by atoms with Gasteiger partial charge in [-0.2, -0.15) is 0 Å². The Morgan fingerprint density at radius 3 is 2.35 bits per heavy atom. The number of Topliss-reactive ketones (excluding diaryl/α,β-unsaturated/α-hetero) is 1. The van der Waals surface area contributed by atoms with Gasteiger partial charge in [-0.1, -0.05) is 12.1 Å². The Balaban J connectivity index is 1.98. The predicted molar refractivity (Wildman–Crippen MR) is 70.2 cm³/mol. The van der Waals surface area contributed by atoms with E-state index < -0.39 is 6.10 Å². The number of carbonyl (C=O) groups is 1. The monoisotopic (exact) mass is 272 g/mol. The van der Waals surface area contributed by atoms with Gasteiger partial charge >= 0.3 is 0 Å². The third-order valence-corrected chi connectivity index (χ3v) is 3.28. The van der Waals surface area contributed by atoms with Gasteiger partial charge in [-0.25, -0.2) is 0 Å². The van der Waals surface area contributed by atoms with E-state index in [1.807, 2.05) is 0 Å². The Labute approximate surface area is 114 Å². The lowest BCUT2D eigenvalue weighted by Crippen LogP contribution is -2.20. The van der Waals surface area contributed by atoms with Gasteiger partial charge in [0.05, 0.1) is 12.0 Å². The summed E-state index contributed by atoms with van der Waals surface area (Å²) in [5.41, 5.74) is 1.02. The van der Waals surface area contributed by atoms with Crippen molar-refractivity contribution in [1.29, 1.82) is 0 Å². The molecule has 0 saturated carbocycles. The second kappa shape index (κ2) is 4.45. The number of phenols is 3. The lowest BCUT2D eigenvalue weighted by molar-refractivity contribution is 0.0848. The molecule has 1 unspecified atom stereocenters. The molecule has 0 radical (unpaired) electrons. The molecule has 5 heteroatoms. The lowest BCUT2D eigenvalue weighted by atomic mass is 9.96. The number of rotatable bonds is 1. The molecule has 20 heavy (non-hydrogen) atoms. The van der Waals surface area contributed by atoms with E-state index in [4.69, 9.17) is 4.74 Å². The number of carbonyl (C=O) groups excluding carboxylic acids is 1.